The van der Waals surface area contributed by atoms with E-state index in [-0.39, 0.29) is 11.9 Å². The molecule has 6 heteroatoms. The molecule has 1 unspecified atom stereocenters. The van der Waals surface area contributed by atoms with E-state index in [1.165, 1.54) is 18.6 Å². The molecular weight excluding hydrogens is 235 g/mol. The van der Waals surface area contributed by atoms with Crippen molar-refractivity contribution in [2.45, 2.75) is 25.3 Å². The van der Waals surface area contributed by atoms with Crippen molar-refractivity contribution in [3.05, 3.63) is 30.0 Å². The van der Waals surface area contributed by atoms with Gasteiger partial charge in [-0.1, -0.05) is 11.6 Å². The van der Waals surface area contributed by atoms with Crippen LogP contribution >= 0.6 is 0 Å². The standard InChI is InChI=1S/C12H13FN4O/c13-8-4-5-9(15-7-8)11-16-12(18-17-11)10-3-1-2-6-14-10/h4-5,7,10,14H,1-3,6H2. The maximum atomic E-state index is 12.8. The number of halogens is 1. The number of aromatic nitrogens is 3. The first-order valence-corrected chi connectivity index (χ1v) is 6.02. The minimum atomic E-state index is -0.378. The normalized spacial score (nSPS) is 19.9. The van der Waals surface area contributed by atoms with E-state index in [0.717, 1.165) is 25.6 Å². The molecule has 2 aromatic heterocycles. The highest BCUT2D eigenvalue weighted by Gasteiger charge is 2.21. The van der Waals surface area contributed by atoms with Crippen LogP contribution in [0.25, 0.3) is 11.5 Å². The summed E-state index contributed by atoms with van der Waals surface area (Å²) in [5.74, 6) is 0.601. The topological polar surface area (TPSA) is 63.8 Å². The van der Waals surface area contributed by atoms with E-state index in [1.54, 1.807) is 0 Å². The van der Waals surface area contributed by atoms with Gasteiger partial charge < -0.3 is 9.84 Å². The molecule has 0 aliphatic carbocycles. The predicted molar refractivity (Wildman–Crippen MR) is 62.1 cm³/mol. The van der Waals surface area contributed by atoms with Gasteiger partial charge in [0.2, 0.25) is 11.7 Å². The molecule has 0 radical (unpaired) electrons. The Morgan fingerprint density at radius 3 is 3.00 bits per heavy atom. The molecule has 1 aliphatic heterocycles. The highest BCUT2D eigenvalue weighted by molar-refractivity contribution is 5.47. The van der Waals surface area contributed by atoms with Crippen molar-refractivity contribution < 1.29 is 8.91 Å². The van der Waals surface area contributed by atoms with Crippen molar-refractivity contribution >= 4 is 0 Å². The number of hydrogen-bond acceptors (Lipinski definition) is 5. The number of hydrogen-bond donors (Lipinski definition) is 1. The van der Waals surface area contributed by atoms with E-state index >= 15 is 0 Å². The van der Waals surface area contributed by atoms with Gasteiger partial charge in [-0.25, -0.2) is 9.37 Å². The van der Waals surface area contributed by atoms with Crippen molar-refractivity contribution in [2.75, 3.05) is 6.54 Å². The zero-order valence-corrected chi connectivity index (χ0v) is 9.77. The second kappa shape index (κ2) is 4.81. The summed E-state index contributed by atoms with van der Waals surface area (Å²) < 4.78 is 18.0. The van der Waals surface area contributed by atoms with Crippen LogP contribution in [0.4, 0.5) is 4.39 Å². The van der Waals surface area contributed by atoms with Gasteiger partial charge in [0.15, 0.2) is 0 Å². The van der Waals surface area contributed by atoms with Gasteiger partial charge in [0, 0.05) is 0 Å². The Morgan fingerprint density at radius 1 is 1.33 bits per heavy atom. The lowest BCUT2D eigenvalue weighted by atomic mass is 10.1. The molecular formula is C12H13FN4O. The molecule has 3 heterocycles. The molecule has 0 aromatic carbocycles. The van der Waals surface area contributed by atoms with Gasteiger partial charge in [0.25, 0.3) is 0 Å². The Kier molecular flexibility index (Phi) is 3.02. The quantitative estimate of drug-likeness (QED) is 0.881. The molecule has 1 fully saturated rings. The van der Waals surface area contributed by atoms with Crippen LogP contribution in [0, 0.1) is 5.82 Å². The van der Waals surface area contributed by atoms with Crippen LogP contribution in [0.1, 0.15) is 31.2 Å². The maximum absolute atomic E-state index is 12.8. The second-order valence-electron chi connectivity index (χ2n) is 4.32. The van der Waals surface area contributed by atoms with Gasteiger partial charge in [-0.3, -0.25) is 0 Å². The van der Waals surface area contributed by atoms with Crippen LogP contribution in [-0.2, 0) is 0 Å². The van der Waals surface area contributed by atoms with E-state index in [1.807, 2.05) is 0 Å². The van der Waals surface area contributed by atoms with Crippen LogP contribution < -0.4 is 5.32 Å². The van der Waals surface area contributed by atoms with E-state index in [2.05, 4.69) is 20.4 Å². The maximum Gasteiger partial charge on any atom is 0.244 e. The van der Waals surface area contributed by atoms with Crippen molar-refractivity contribution in [2.24, 2.45) is 0 Å². The number of nitrogens with one attached hydrogen (secondary N) is 1. The summed E-state index contributed by atoms with van der Waals surface area (Å²) in [6, 6.07) is 3.00. The fraction of sp³-hybridized carbons (Fsp3) is 0.417. The Balaban J connectivity index is 1.82. The summed E-state index contributed by atoms with van der Waals surface area (Å²) in [5.41, 5.74) is 0.516. The van der Waals surface area contributed by atoms with E-state index in [0.29, 0.717) is 17.4 Å². The van der Waals surface area contributed by atoms with Crippen molar-refractivity contribution in [1.29, 1.82) is 0 Å². The summed E-state index contributed by atoms with van der Waals surface area (Å²) in [4.78, 5) is 8.24. The van der Waals surface area contributed by atoms with Crippen molar-refractivity contribution in [1.82, 2.24) is 20.4 Å². The molecule has 1 atom stereocenters. The second-order valence-corrected chi connectivity index (χ2v) is 4.32. The average molecular weight is 248 g/mol. The molecule has 0 bridgehead atoms. The third-order valence-corrected chi connectivity index (χ3v) is 3.01. The fourth-order valence-corrected chi connectivity index (χ4v) is 2.05. The van der Waals surface area contributed by atoms with Gasteiger partial charge >= 0.3 is 0 Å². The lowest BCUT2D eigenvalue weighted by Gasteiger charge is -2.19. The van der Waals surface area contributed by atoms with Crippen molar-refractivity contribution in [3.8, 4) is 11.5 Å². The van der Waals surface area contributed by atoms with Crippen LogP contribution in [0.3, 0.4) is 0 Å². The number of nitrogens with zero attached hydrogens (tertiary/aromatic N) is 3. The van der Waals surface area contributed by atoms with Gasteiger partial charge in [0.1, 0.15) is 11.5 Å². The van der Waals surface area contributed by atoms with E-state index in [4.69, 9.17) is 4.52 Å². The van der Waals surface area contributed by atoms with E-state index < -0.39 is 0 Å². The number of pyridine rings is 1. The molecule has 5 nitrogen and oxygen atoms in total. The zero-order chi connectivity index (χ0) is 12.4. The first-order chi connectivity index (χ1) is 8.83. The summed E-state index contributed by atoms with van der Waals surface area (Å²) in [5, 5.41) is 7.21. The van der Waals surface area contributed by atoms with Gasteiger partial charge in [-0.05, 0) is 31.5 Å². The monoisotopic (exact) mass is 248 g/mol. The van der Waals surface area contributed by atoms with Gasteiger partial charge in [-0.15, -0.1) is 0 Å². The predicted octanol–water partition coefficient (Wildman–Crippen LogP) is 2.09. The minimum Gasteiger partial charge on any atom is -0.337 e. The Labute approximate surface area is 103 Å². The molecule has 1 N–H and O–H groups in total. The van der Waals surface area contributed by atoms with Gasteiger partial charge in [-0.2, -0.15) is 4.98 Å². The molecule has 0 saturated carbocycles. The highest BCUT2D eigenvalue weighted by Crippen LogP contribution is 2.23. The number of rotatable bonds is 2. The molecule has 0 spiro atoms. The Morgan fingerprint density at radius 2 is 2.28 bits per heavy atom. The SMILES string of the molecule is Fc1ccc(-c2noc(C3CCCCN3)n2)nc1. The lowest BCUT2D eigenvalue weighted by molar-refractivity contribution is 0.297. The van der Waals surface area contributed by atoms with Crippen LogP contribution in [0.15, 0.2) is 22.9 Å². The zero-order valence-electron chi connectivity index (χ0n) is 9.77. The van der Waals surface area contributed by atoms with Crippen LogP contribution in [0.5, 0.6) is 0 Å². The summed E-state index contributed by atoms with van der Waals surface area (Å²) in [6.07, 6.45) is 4.48. The first-order valence-electron chi connectivity index (χ1n) is 6.02. The largest absolute Gasteiger partial charge is 0.337 e. The van der Waals surface area contributed by atoms with Crippen LogP contribution in [-0.4, -0.2) is 21.7 Å². The molecule has 1 saturated heterocycles. The smallest absolute Gasteiger partial charge is 0.244 e. The molecule has 3 rings (SSSR count). The van der Waals surface area contributed by atoms with Crippen molar-refractivity contribution in [3.63, 3.8) is 0 Å². The minimum absolute atomic E-state index is 0.125. The average Bonchev–Trinajstić information content (AvgIpc) is 2.90. The number of piperidine rings is 1. The highest BCUT2D eigenvalue weighted by atomic mass is 19.1. The van der Waals surface area contributed by atoms with Crippen LogP contribution in [0.2, 0.25) is 0 Å². The third kappa shape index (κ3) is 2.24. The summed E-state index contributed by atoms with van der Waals surface area (Å²) >= 11 is 0. The lowest BCUT2D eigenvalue weighted by Crippen LogP contribution is -2.26. The fourth-order valence-electron chi connectivity index (χ4n) is 2.05. The Bertz CT molecular complexity index is 519. The van der Waals surface area contributed by atoms with Gasteiger partial charge in [0.05, 0.1) is 12.2 Å². The summed E-state index contributed by atoms with van der Waals surface area (Å²) in [7, 11) is 0. The molecule has 2 aromatic rings. The molecule has 1 aliphatic rings. The van der Waals surface area contributed by atoms with E-state index in [9.17, 15) is 4.39 Å². The third-order valence-electron chi connectivity index (χ3n) is 3.01. The molecule has 0 amide bonds. The first kappa shape index (κ1) is 11.3. The Hall–Kier alpha value is -1.82. The molecule has 18 heavy (non-hydrogen) atoms. The molecule has 94 valence electrons. The summed E-state index contributed by atoms with van der Waals surface area (Å²) in [6.45, 7) is 0.969.